The Kier molecular flexibility index (Phi) is 13.7. The van der Waals surface area contributed by atoms with Crippen LogP contribution in [0.3, 0.4) is 0 Å². The van der Waals surface area contributed by atoms with Gasteiger partial charge in [0.05, 0.1) is 13.2 Å². The van der Waals surface area contributed by atoms with Gasteiger partial charge in [0.15, 0.2) is 17.3 Å². The molecule has 0 spiro atoms. The fourth-order valence-electron chi connectivity index (χ4n) is 4.76. The summed E-state index contributed by atoms with van der Waals surface area (Å²) in [4.78, 5) is 21.4. The first kappa shape index (κ1) is 35.4. The summed E-state index contributed by atoms with van der Waals surface area (Å²) in [6.45, 7) is 11.6. The fraction of sp³-hybridized carbons (Fsp3) is 0.289. The van der Waals surface area contributed by atoms with Crippen LogP contribution in [-0.4, -0.2) is 34.1 Å². The van der Waals surface area contributed by atoms with Gasteiger partial charge in [-0.05, 0) is 63.4 Å². The number of rotatable bonds is 11. The van der Waals surface area contributed by atoms with E-state index in [2.05, 4.69) is 26.0 Å². The number of nitrogens with zero attached hydrogens (tertiary/aromatic N) is 2. The van der Waals surface area contributed by atoms with Crippen molar-refractivity contribution in [3.05, 3.63) is 113 Å². The number of aryl methyl sites for hydroxylation is 3. The predicted molar refractivity (Wildman–Crippen MR) is 180 cm³/mol. The third kappa shape index (κ3) is 9.21. The molecule has 0 saturated heterocycles. The molecule has 0 radical (unpaired) electrons. The molecule has 45 heavy (non-hydrogen) atoms. The molecule has 1 N–H and O–H groups in total. The molecule has 2 aromatic heterocycles. The molecule has 2 heterocycles. The van der Waals surface area contributed by atoms with Gasteiger partial charge in [-0.3, -0.25) is 14.8 Å². The number of hydrogen-bond donors (Lipinski definition) is 1. The first-order valence-corrected chi connectivity index (χ1v) is 15.4. The monoisotopic (exact) mass is 654 g/mol. The molecule has 3 aromatic carbocycles. The number of ether oxygens (including phenoxy) is 2. The molecule has 0 atom stereocenters. The molecule has 0 aliphatic heterocycles. The number of fused-ring (bicyclic) bond motifs is 3. The third-order valence-corrected chi connectivity index (χ3v) is 7.22. The van der Waals surface area contributed by atoms with Gasteiger partial charge in [-0.15, -0.1) is 0 Å². The molecule has 5 rings (SSSR count). The standard InChI is InChI=1S/C22H28N2O2.C16H14O2.Zn/c1-5-7-13-25-21-17-11-9-15(3)23-19(17)20-18(12-10-16(4)24-20)22(21)26-14-8-6-2;1-12-7-5-6-10-14(12)16(18)11-15(17)13-8-3-2-4-9-13;/h9-12H,5-8,13-14H2,1-4H3;2-11,18H,1H3;/b;16-11-;. The summed E-state index contributed by atoms with van der Waals surface area (Å²) in [5.41, 5.74) is 5.91. The van der Waals surface area contributed by atoms with Crippen molar-refractivity contribution in [3.63, 3.8) is 0 Å². The van der Waals surface area contributed by atoms with Crippen LogP contribution in [0.15, 0.2) is 84.9 Å². The van der Waals surface area contributed by atoms with Gasteiger partial charge in [0.2, 0.25) is 0 Å². The second kappa shape index (κ2) is 17.4. The van der Waals surface area contributed by atoms with Gasteiger partial charge in [-0.1, -0.05) is 81.3 Å². The Morgan fingerprint density at radius 1 is 0.711 bits per heavy atom. The molecular weight excluding hydrogens is 614 g/mol. The molecule has 0 saturated carbocycles. The van der Waals surface area contributed by atoms with Crippen LogP contribution in [0.2, 0.25) is 0 Å². The van der Waals surface area contributed by atoms with Crippen LogP contribution in [-0.2, 0) is 19.5 Å². The molecule has 0 amide bonds. The van der Waals surface area contributed by atoms with Gasteiger partial charge in [-0.25, -0.2) is 0 Å². The van der Waals surface area contributed by atoms with Crippen LogP contribution in [0.1, 0.15) is 72.4 Å². The Labute approximate surface area is 279 Å². The zero-order chi connectivity index (χ0) is 31.5. The minimum atomic E-state index is -0.198. The quantitative estimate of drug-likeness (QED) is 0.0381. The summed E-state index contributed by atoms with van der Waals surface area (Å²) in [5, 5.41) is 11.9. The van der Waals surface area contributed by atoms with Crippen LogP contribution in [0, 0.1) is 20.8 Å². The Hall–Kier alpha value is -4.09. The summed E-state index contributed by atoms with van der Waals surface area (Å²) in [6.07, 6.45) is 5.47. The first-order valence-electron chi connectivity index (χ1n) is 15.4. The van der Waals surface area contributed by atoms with E-state index in [4.69, 9.17) is 19.4 Å². The minimum Gasteiger partial charge on any atom is -0.507 e. The van der Waals surface area contributed by atoms with E-state index < -0.39 is 0 Å². The number of unbranched alkanes of at least 4 members (excludes halogenated alkanes) is 2. The summed E-state index contributed by atoms with van der Waals surface area (Å²) in [5.74, 6) is 1.41. The van der Waals surface area contributed by atoms with E-state index >= 15 is 0 Å². The molecule has 0 unspecified atom stereocenters. The second-order valence-corrected chi connectivity index (χ2v) is 10.8. The number of benzene rings is 3. The van der Waals surface area contributed by atoms with Gasteiger partial charge in [-0.2, -0.15) is 0 Å². The number of aliphatic hydroxyl groups excluding tert-OH is 1. The SMILES string of the molecule is CCCCOc1c(OCCCC)c2ccc(C)nc2c2nc(C)ccc12.Cc1ccccc1/C(O)=C/C(=O)c1ccccc1.[Zn]. The number of allylic oxidation sites excluding steroid dienone is 1. The van der Waals surface area contributed by atoms with E-state index in [1.165, 1.54) is 6.08 Å². The van der Waals surface area contributed by atoms with E-state index in [1.807, 2.05) is 57.2 Å². The average molecular weight is 656 g/mol. The van der Waals surface area contributed by atoms with E-state index in [0.717, 1.165) is 75.9 Å². The van der Waals surface area contributed by atoms with Crippen molar-refractivity contribution < 1.29 is 38.9 Å². The van der Waals surface area contributed by atoms with Crippen molar-refractivity contribution >= 4 is 33.3 Å². The number of pyridine rings is 2. The Morgan fingerprint density at radius 3 is 1.69 bits per heavy atom. The van der Waals surface area contributed by atoms with Gasteiger partial charge in [0.1, 0.15) is 16.8 Å². The van der Waals surface area contributed by atoms with Crippen molar-refractivity contribution in [2.24, 2.45) is 0 Å². The molecule has 6 nitrogen and oxygen atoms in total. The molecule has 7 heteroatoms. The van der Waals surface area contributed by atoms with Crippen LogP contribution >= 0.6 is 0 Å². The van der Waals surface area contributed by atoms with Crippen LogP contribution in [0.5, 0.6) is 11.5 Å². The van der Waals surface area contributed by atoms with E-state index in [9.17, 15) is 9.90 Å². The normalized spacial score (nSPS) is 11.0. The average Bonchev–Trinajstić information content (AvgIpc) is 3.03. The zero-order valence-corrected chi connectivity index (χ0v) is 30.1. The van der Waals surface area contributed by atoms with Crippen molar-refractivity contribution in [1.29, 1.82) is 0 Å². The summed E-state index contributed by atoms with van der Waals surface area (Å²) < 4.78 is 12.4. The third-order valence-electron chi connectivity index (χ3n) is 7.22. The maximum Gasteiger partial charge on any atom is 0.189 e. The largest absolute Gasteiger partial charge is 0.507 e. The van der Waals surface area contributed by atoms with Crippen LogP contribution in [0.25, 0.3) is 27.6 Å². The van der Waals surface area contributed by atoms with E-state index in [-0.39, 0.29) is 31.0 Å². The molecule has 0 aliphatic carbocycles. The Morgan fingerprint density at radius 2 is 1.20 bits per heavy atom. The van der Waals surface area contributed by atoms with Crippen LogP contribution < -0.4 is 9.47 Å². The van der Waals surface area contributed by atoms with Crippen molar-refractivity contribution in [1.82, 2.24) is 9.97 Å². The number of carbonyl (C=O) groups excluding carboxylic acids is 1. The summed E-state index contributed by atoms with van der Waals surface area (Å²) >= 11 is 0. The number of carbonyl (C=O) groups is 1. The summed E-state index contributed by atoms with van der Waals surface area (Å²) in [6, 6.07) is 24.5. The summed E-state index contributed by atoms with van der Waals surface area (Å²) in [7, 11) is 0. The molecule has 0 fully saturated rings. The number of aliphatic hydroxyl groups is 1. The second-order valence-electron chi connectivity index (χ2n) is 10.8. The van der Waals surface area contributed by atoms with Gasteiger partial charge >= 0.3 is 0 Å². The smallest absolute Gasteiger partial charge is 0.189 e. The van der Waals surface area contributed by atoms with Crippen LogP contribution in [0.4, 0.5) is 0 Å². The number of hydrogen-bond acceptors (Lipinski definition) is 6. The molecular formula is C38H42N2O4Zn. The number of aromatic nitrogens is 2. The topological polar surface area (TPSA) is 81.5 Å². The number of ketones is 1. The van der Waals surface area contributed by atoms with Gasteiger partial charge < -0.3 is 14.6 Å². The Bertz CT molecular complexity index is 1680. The van der Waals surface area contributed by atoms with Crippen molar-refractivity contribution in [3.8, 4) is 11.5 Å². The maximum absolute atomic E-state index is 11.9. The first-order chi connectivity index (χ1) is 21.3. The van der Waals surface area contributed by atoms with Gasteiger partial charge in [0, 0.05) is 58.8 Å². The fourth-order valence-corrected chi connectivity index (χ4v) is 4.76. The molecule has 230 valence electrons. The van der Waals surface area contributed by atoms with E-state index in [1.54, 1.807) is 30.3 Å². The van der Waals surface area contributed by atoms with E-state index in [0.29, 0.717) is 24.3 Å². The zero-order valence-electron chi connectivity index (χ0n) is 27.1. The van der Waals surface area contributed by atoms with Crippen molar-refractivity contribution in [2.45, 2.75) is 60.3 Å². The predicted octanol–water partition coefficient (Wildman–Crippen LogP) is 9.53. The molecule has 0 aliphatic rings. The minimum absolute atomic E-state index is 0. The van der Waals surface area contributed by atoms with Crippen molar-refractivity contribution in [2.75, 3.05) is 13.2 Å². The Balaban J connectivity index is 0.000000256. The van der Waals surface area contributed by atoms with Gasteiger partial charge in [0.25, 0.3) is 0 Å². The molecule has 5 aromatic rings. The molecule has 0 bridgehead atoms. The maximum atomic E-state index is 11.9.